The van der Waals surface area contributed by atoms with E-state index in [0.717, 1.165) is 6.26 Å². The first-order valence-corrected chi connectivity index (χ1v) is 7.33. The van der Waals surface area contributed by atoms with E-state index in [0.29, 0.717) is 0 Å². The second-order valence-corrected chi connectivity index (χ2v) is 5.96. The molecule has 0 aliphatic rings. The van der Waals surface area contributed by atoms with Crippen LogP contribution in [0.2, 0.25) is 0 Å². The first kappa shape index (κ1) is 14.6. The Balaban J connectivity index is 2.65. The number of aromatic nitrogens is 2. The number of ether oxygens (including phenoxy) is 1. The lowest BCUT2D eigenvalue weighted by Gasteiger charge is -2.04. The van der Waals surface area contributed by atoms with Crippen molar-refractivity contribution in [2.24, 2.45) is 5.73 Å². The predicted molar refractivity (Wildman–Crippen MR) is 61.5 cm³/mol. The number of rotatable bonds is 6. The fraction of sp³-hybridized carbons (Fsp3) is 0.667. The molecule has 1 heterocycles. The average Bonchev–Trinajstić information content (AvgIpc) is 2.74. The molecule has 0 saturated heterocycles. The lowest BCUT2D eigenvalue weighted by Crippen LogP contribution is -2.16. The molecule has 0 spiro atoms. The first-order chi connectivity index (χ1) is 8.33. The summed E-state index contributed by atoms with van der Waals surface area (Å²) in [6.45, 7) is 1.85. The van der Waals surface area contributed by atoms with Crippen molar-refractivity contribution in [3.8, 4) is 0 Å². The highest BCUT2D eigenvalue weighted by Gasteiger charge is 2.20. The highest BCUT2D eigenvalue weighted by atomic mass is 32.2. The molecule has 0 bridgehead atoms. The van der Waals surface area contributed by atoms with E-state index >= 15 is 0 Å². The number of sulfone groups is 1. The van der Waals surface area contributed by atoms with Crippen molar-refractivity contribution >= 4 is 15.8 Å². The van der Waals surface area contributed by atoms with Crippen molar-refractivity contribution in [1.82, 2.24) is 10.1 Å². The number of nitrogens with two attached hydrogens (primary N) is 1. The lowest BCUT2D eigenvalue weighted by atomic mass is 10.2. The van der Waals surface area contributed by atoms with Gasteiger partial charge >= 0.3 is 5.97 Å². The number of hydrogen-bond donors (Lipinski definition) is 1. The molecular formula is C9H15N3O5S. The van der Waals surface area contributed by atoms with Gasteiger partial charge in [0.1, 0.15) is 9.84 Å². The van der Waals surface area contributed by atoms with Gasteiger partial charge in [-0.1, -0.05) is 0 Å². The Morgan fingerprint density at radius 3 is 2.78 bits per heavy atom. The van der Waals surface area contributed by atoms with Crippen molar-refractivity contribution in [2.45, 2.75) is 19.4 Å². The van der Waals surface area contributed by atoms with Crippen LogP contribution >= 0.6 is 0 Å². The molecule has 0 radical (unpaired) electrons. The van der Waals surface area contributed by atoms with Gasteiger partial charge in [-0.2, -0.15) is 4.98 Å². The Hall–Kier alpha value is -1.48. The summed E-state index contributed by atoms with van der Waals surface area (Å²) in [6.07, 6.45) is 1.25. The molecular weight excluding hydrogens is 262 g/mol. The highest BCUT2D eigenvalue weighted by Crippen LogP contribution is 2.12. The zero-order valence-electron chi connectivity index (χ0n) is 10.1. The van der Waals surface area contributed by atoms with Gasteiger partial charge in [-0.3, -0.25) is 0 Å². The Labute approximate surface area is 104 Å². The summed E-state index contributed by atoms with van der Waals surface area (Å²) in [5, 5.41) is 3.41. The molecule has 8 nitrogen and oxygen atoms in total. The molecule has 1 unspecified atom stereocenters. The van der Waals surface area contributed by atoms with Crippen molar-refractivity contribution < 1.29 is 22.5 Å². The number of hydrogen-bond acceptors (Lipinski definition) is 8. The van der Waals surface area contributed by atoms with Crippen LogP contribution in [0.5, 0.6) is 0 Å². The number of esters is 1. The largest absolute Gasteiger partial charge is 0.460 e. The molecule has 18 heavy (non-hydrogen) atoms. The normalized spacial score (nSPS) is 13.3. The van der Waals surface area contributed by atoms with E-state index in [1.807, 2.05) is 0 Å². The minimum Gasteiger partial charge on any atom is -0.460 e. The van der Waals surface area contributed by atoms with E-state index in [2.05, 4.69) is 14.9 Å². The maximum Gasteiger partial charge on any atom is 0.379 e. The van der Waals surface area contributed by atoms with Gasteiger partial charge in [0.25, 0.3) is 5.82 Å². The second kappa shape index (κ2) is 5.91. The summed E-state index contributed by atoms with van der Waals surface area (Å²) in [4.78, 5) is 15.0. The van der Waals surface area contributed by atoms with E-state index in [1.165, 1.54) is 0 Å². The van der Waals surface area contributed by atoms with E-state index in [1.54, 1.807) is 6.92 Å². The van der Waals surface area contributed by atoms with E-state index < -0.39 is 21.8 Å². The van der Waals surface area contributed by atoms with Gasteiger partial charge < -0.3 is 15.0 Å². The predicted octanol–water partition coefficient (Wildman–Crippen LogP) is -0.319. The van der Waals surface area contributed by atoms with Crippen molar-refractivity contribution in [2.75, 3.05) is 18.6 Å². The quantitative estimate of drug-likeness (QED) is 0.701. The molecule has 102 valence electrons. The molecule has 9 heteroatoms. The fourth-order valence-corrected chi connectivity index (χ4v) is 1.81. The summed E-state index contributed by atoms with van der Waals surface area (Å²) in [5.74, 6) is -1.00. The van der Waals surface area contributed by atoms with Crippen LogP contribution in [0.25, 0.3) is 0 Å². The molecule has 1 aromatic heterocycles. The van der Waals surface area contributed by atoms with Gasteiger partial charge in [-0.15, -0.1) is 0 Å². The van der Waals surface area contributed by atoms with Crippen molar-refractivity contribution in [3.05, 3.63) is 11.7 Å². The lowest BCUT2D eigenvalue weighted by molar-refractivity contribution is 0.0508. The molecule has 1 aromatic rings. The molecule has 0 aliphatic carbocycles. The topological polar surface area (TPSA) is 125 Å². The smallest absolute Gasteiger partial charge is 0.379 e. The molecule has 0 aliphatic heterocycles. The summed E-state index contributed by atoms with van der Waals surface area (Å²) in [7, 11) is -3.11. The van der Waals surface area contributed by atoms with Crippen LogP contribution in [0.4, 0.5) is 0 Å². The number of carbonyl (C=O) groups is 1. The third-order valence-corrected chi connectivity index (χ3v) is 2.99. The van der Waals surface area contributed by atoms with Gasteiger partial charge in [0.15, 0.2) is 0 Å². The van der Waals surface area contributed by atoms with Gasteiger partial charge in [-0.05, 0) is 18.5 Å². The zero-order chi connectivity index (χ0) is 13.8. The molecule has 1 rings (SSSR count). The molecule has 1 atom stereocenters. The minimum atomic E-state index is -3.11. The second-order valence-electron chi connectivity index (χ2n) is 3.70. The van der Waals surface area contributed by atoms with Crippen LogP contribution in [-0.2, 0) is 14.6 Å². The van der Waals surface area contributed by atoms with Crippen LogP contribution in [-0.4, -0.2) is 43.1 Å². The summed E-state index contributed by atoms with van der Waals surface area (Å²) < 4.78 is 31.4. The zero-order valence-corrected chi connectivity index (χ0v) is 10.9. The maximum absolute atomic E-state index is 11.3. The summed E-state index contributed by atoms with van der Waals surface area (Å²) in [5.41, 5.74) is 5.68. The van der Waals surface area contributed by atoms with Crippen LogP contribution in [0.15, 0.2) is 4.52 Å². The van der Waals surface area contributed by atoms with Crippen LogP contribution in [0, 0.1) is 0 Å². The van der Waals surface area contributed by atoms with Crippen LogP contribution in [0.3, 0.4) is 0 Å². The van der Waals surface area contributed by atoms with Gasteiger partial charge in [0.05, 0.1) is 18.4 Å². The third kappa shape index (κ3) is 4.41. The molecule has 0 aromatic carbocycles. The fourth-order valence-electron chi connectivity index (χ4n) is 1.13. The SMILES string of the molecule is CCOC(=O)c1noc(C(N)CCS(C)(=O)=O)n1. The van der Waals surface area contributed by atoms with Gasteiger partial charge in [0, 0.05) is 6.26 Å². The number of nitrogens with zero attached hydrogens (tertiary/aromatic N) is 2. The monoisotopic (exact) mass is 277 g/mol. The van der Waals surface area contributed by atoms with E-state index in [-0.39, 0.29) is 30.5 Å². The van der Waals surface area contributed by atoms with Crippen molar-refractivity contribution in [1.29, 1.82) is 0 Å². The van der Waals surface area contributed by atoms with Crippen LogP contribution in [0.1, 0.15) is 35.9 Å². The van der Waals surface area contributed by atoms with Gasteiger partial charge in [-0.25, -0.2) is 13.2 Å². The molecule has 0 fully saturated rings. The van der Waals surface area contributed by atoms with Crippen LogP contribution < -0.4 is 5.73 Å². The average molecular weight is 277 g/mol. The molecule has 0 amide bonds. The Morgan fingerprint density at radius 1 is 1.56 bits per heavy atom. The third-order valence-electron chi connectivity index (χ3n) is 2.02. The van der Waals surface area contributed by atoms with E-state index in [9.17, 15) is 13.2 Å². The van der Waals surface area contributed by atoms with Crippen molar-refractivity contribution in [3.63, 3.8) is 0 Å². The minimum absolute atomic E-state index is 0.0155. The van der Waals surface area contributed by atoms with E-state index in [4.69, 9.17) is 10.3 Å². The summed E-state index contributed by atoms with van der Waals surface area (Å²) >= 11 is 0. The first-order valence-electron chi connectivity index (χ1n) is 5.27. The standard InChI is InChI=1S/C9H15N3O5S/c1-3-16-9(13)7-11-8(17-12-7)6(10)4-5-18(2,14)15/h6H,3-5,10H2,1-2H3. The Morgan fingerprint density at radius 2 is 2.22 bits per heavy atom. The number of carbonyl (C=O) groups excluding carboxylic acids is 1. The summed E-state index contributed by atoms with van der Waals surface area (Å²) in [6, 6.07) is -0.726. The maximum atomic E-state index is 11.3. The highest BCUT2D eigenvalue weighted by molar-refractivity contribution is 7.90. The Kier molecular flexibility index (Phi) is 4.79. The van der Waals surface area contributed by atoms with Gasteiger partial charge in [0.2, 0.25) is 5.89 Å². The molecule has 2 N–H and O–H groups in total. The molecule has 0 saturated carbocycles. The Bertz CT molecular complexity index is 510.